The quantitative estimate of drug-likeness (QED) is 0.690. The predicted octanol–water partition coefficient (Wildman–Crippen LogP) is 2.96. The van der Waals surface area contributed by atoms with Crippen molar-refractivity contribution < 1.29 is 13.9 Å². The normalized spacial score (nSPS) is 12.0. The number of rotatable bonds is 4. The number of esters is 1. The van der Waals surface area contributed by atoms with E-state index in [9.17, 15) is 4.79 Å². The van der Waals surface area contributed by atoms with Gasteiger partial charge < -0.3 is 9.15 Å². The minimum Gasteiger partial charge on any atom is -0.472 e. The van der Waals surface area contributed by atoms with E-state index < -0.39 is 12.1 Å². The molecule has 0 radical (unpaired) electrons. The SMILES string of the molecule is Cn1nccc1[C@H](OC(=O)c1ccoc1)c1ccccc1. The van der Waals surface area contributed by atoms with E-state index in [1.807, 2.05) is 43.4 Å². The number of ether oxygens (including phenoxy) is 1. The molecule has 0 spiro atoms. The van der Waals surface area contributed by atoms with E-state index in [2.05, 4.69) is 5.10 Å². The number of hydrogen-bond acceptors (Lipinski definition) is 4. The van der Waals surface area contributed by atoms with E-state index in [0.717, 1.165) is 11.3 Å². The number of aromatic nitrogens is 2. The molecule has 2 heterocycles. The molecule has 0 saturated carbocycles. The monoisotopic (exact) mass is 282 g/mol. The molecule has 21 heavy (non-hydrogen) atoms. The van der Waals surface area contributed by atoms with Crippen LogP contribution in [0.2, 0.25) is 0 Å². The zero-order chi connectivity index (χ0) is 14.7. The summed E-state index contributed by atoms with van der Waals surface area (Å²) in [6.07, 6.45) is 3.98. The van der Waals surface area contributed by atoms with E-state index in [0.29, 0.717) is 5.56 Å². The molecule has 3 rings (SSSR count). The van der Waals surface area contributed by atoms with Crippen LogP contribution in [0, 0.1) is 0 Å². The summed E-state index contributed by atoms with van der Waals surface area (Å²) >= 11 is 0. The fraction of sp³-hybridized carbons (Fsp3) is 0.125. The van der Waals surface area contributed by atoms with Crippen LogP contribution in [-0.2, 0) is 11.8 Å². The van der Waals surface area contributed by atoms with Crippen molar-refractivity contribution in [3.63, 3.8) is 0 Å². The number of carbonyl (C=O) groups excluding carboxylic acids is 1. The summed E-state index contributed by atoms with van der Waals surface area (Å²) in [5, 5.41) is 4.14. The molecule has 0 aliphatic carbocycles. The van der Waals surface area contributed by atoms with Gasteiger partial charge in [-0.3, -0.25) is 4.68 Å². The summed E-state index contributed by atoms with van der Waals surface area (Å²) in [7, 11) is 1.82. The van der Waals surface area contributed by atoms with Crippen molar-refractivity contribution in [3.8, 4) is 0 Å². The van der Waals surface area contributed by atoms with E-state index >= 15 is 0 Å². The first kappa shape index (κ1) is 13.2. The van der Waals surface area contributed by atoms with Crippen LogP contribution in [0.5, 0.6) is 0 Å². The van der Waals surface area contributed by atoms with Crippen molar-refractivity contribution in [2.45, 2.75) is 6.10 Å². The number of benzene rings is 1. The van der Waals surface area contributed by atoms with Crippen LogP contribution in [0.25, 0.3) is 0 Å². The average molecular weight is 282 g/mol. The maximum atomic E-state index is 12.2. The summed E-state index contributed by atoms with van der Waals surface area (Å²) in [4.78, 5) is 12.2. The number of hydrogen-bond donors (Lipinski definition) is 0. The largest absolute Gasteiger partial charge is 0.472 e. The fourth-order valence-corrected chi connectivity index (χ4v) is 2.12. The Labute approximate surface area is 121 Å². The molecule has 106 valence electrons. The van der Waals surface area contributed by atoms with Gasteiger partial charge in [0.15, 0.2) is 6.10 Å². The molecule has 1 atom stereocenters. The topological polar surface area (TPSA) is 57.3 Å². The second-order valence-corrected chi connectivity index (χ2v) is 4.59. The molecule has 0 fully saturated rings. The maximum Gasteiger partial charge on any atom is 0.342 e. The van der Waals surface area contributed by atoms with Gasteiger partial charge in [-0.1, -0.05) is 30.3 Å². The maximum absolute atomic E-state index is 12.2. The van der Waals surface area contributed by atoms with Crippen LogP contribution < -0.4 is 0 Å². The molecule has 5 heteroatoms. The molecule has 0 amide bonds. The standard InChI is InChI=1S/C16H14N2O3/c1-18-14(7-9-17-18)15(12-5-3-2-4-6-12)21-16(19)13-8-10-20-11-13/h2-11,15H,1H3/t15-/m1/s1. The van der Waals surface area contributed by atoms with Gasteiger partial charge in [-0.2, -0.15) is 5.10 Å². The van der Waals surface area contributed by atoms with Gasteiger partial charge in [-0.05, 0) is 17.7 Å². The summed E-state index contributed by atoms with van der Waals surface area (Å²) in [6.45, 7) is 0. The lowest BCUT2D eigenvalue weighted by Gasteiger charge is -2.18. The Balaban J connectivity index is 1.94. The highest BCUT2D eigenvalue weighted by Crippen LogP contribution is 2.26. The first-order valence-electron chi connectivity index (χ1n) is 6.52. The summed E-state index contributed by atoms with van der Waals surface area (Å²) in [5.74, 6) is -0.432. The number of nitrogens with zero attached hydrogens (tertiary/aromatic N) is 2. The second-order valence-electron chi connectivity index (χ2n) is 4.59. The van der Waals surface area contributed by atoms with Gasteiger partial charge in [0.1, 0.15) is 6.26 Å². The van der Waals surface area contributed by atoms with Crippen molar-refractivity contribution in [3.05, 3.63) is 78.0 Å². The Bertz CT molecular complexity index is 717. The molecule has 5 nitrogen and oxygen atoms in total. The molecule has 2 aromatic heterocycles. The second kappa shape index (κ2) is 5.66. The summed E-state index contributed by atoms with van der Waals surface area (Å²) < 4.78 is 12.3. The highest BCUT2D eigenvalue weighted by molar-refractivity contribution is 5.89. The minimum atomic E-state index is -0.513. The first-order valence-corrected chi connectivity index (χ1v) is 6.52. The third-order valence-electron chi connectivity index (χ3n) is 3.21. The van der Waals surface area contributed by atoms with Crippen molar-refractivity contribution in [2.75, 3.05) is 0 Å². The Hall–Kier alpha value is -2.82. The molecular formula is C16H14N2O3. The van der Waals surface area contributed by atoms with Gasteiger partial charge in [0.2, 0.25) is 0 Å². The highest BCUT2D eigenvalue weighted by atomic mass is 16.5. The van der Waals surface area contributed by atoms with Crippen LogP contribution in [0.1, 0.15) is 27.7 Å². The Morgan fingerprint density at radius 3 is 2.67 bits per heavy atom. The predicted molar refractivity (Wildman–Crippen MR) is 75.6 cm³/mol. The van der Waals surface area contributed by atoms with Crippen molar-refractivity contribution >= 4 is 5.97 Å². The van der Waals surface area contributed by atoms with Crippen molar-refractivity contribution in [2.24, 2.45) is 7.05 Å². The number of furan rings is 1. The smallest absolute Gasteiger partial charge is 0.342 e. The van der Waals surface area contributed by atoms with E-state index in [1.165, 1.54) is 12.5 Å². The lowest BCUT2D eigenvalue weighted by atomic mass is 10.1. The van der Waals surface area contributed by atoms with E-state index in [4.69, 9.17) is 9.15 Å². The molecule has 0 bridgehead atoms. The van der Waals surface area contributed by atoms with Crippen LogP contribution in [0.15, 0.2) is 65.6 Å². The van der Waals surface area contributed by atoms with Crippen molar-refractivity contribution in [1.29, 1.82) is 0 Å². The van der Waals surface area contributed by atoms with Crippen LogP contribution >= 0.6 is 0 Å². The minimum absolute atomic E-state index is 0.387. The molecular weight excluding hydrogens is 268 g/mol. The van der Waals surface area contributed by atoms with Gasteiger partial charge in [-0.15, -0.1) is 0 Å². The van der Waals surface area contributed by atoms with Crippen LogP contribution in [0.4, 0.5) is 0 Å². The molecule has 3 aromatic rings. The molecule has 0 N–H and O–H groups in total. The van der Waals surface area contributed by atoms with Crippen LogP contribution in [0.3, 0.4) is 0 Å². The third-order valence-corrected chi connectivity index (χ3v) is 3.21. The van der Waals surface area contributed by atoms with Gasteiger partial charge in [0, 0.05) is 13.2 Å². The van der Waals surface area contributed by atoms with Gasteiger partial charge in [0.05, 0.1) is 17.5 Å². The first-order chi connectivity index (χ1) is 10.3. The lowest BCUT2D eigenvalue weighted by Crippen LogP contribution is -2.15. The molecule has 1 aromatic carbocycles. The Morgan fingerprint density at radius 2 is 2.05 bits per heavy atom. The van der Waals surface area contributed by atoms with Crippen molar-refractivity contribution in [1.82, 2.24) is 9.78 Å². The lowest BCUT2D eigenvalue weighted by molar-refractivity contribution is 0.0363. The van der Waals surface area contributed by atoms with E-state index in [-0.39, 0.29) is 0 Å². The molecule has 0 aliphatic rings. The summed E-state index contributed by atoms with van der Waals surface area (Å²) in [6, 6.07) is 13.0. The average Bonchev–Trinajstić information content (AvgIpc) is 3.17. The molecule has 0 saturated heterocycles. The summed E-state index contributed by atoms with van der Waals surface area (Å²) in [5.41, 5.74) is 2.08. The van der Waals surface area contributed by atoms with Gasteiger partial charge in [-0.25, -0.2) is 4.79 Å². The Morgan fingerprint density at radius 1 is 1.24 bits per heavy atom. The highest BCUT2D eigenvalue weighted by Gasteiger charge is 2.23. The Kier molecular flexibility index (Phi) is 3.55. The molecule has 0 unspecified atom stereocenters. The zero-order valence-electron chi connectivity index (χ0n) is 11.5. The van der Waals surface area contributed by atoms with Gasteiger partial charge >= 0.3 is 5.97 Å². The number of aryl methyl sites for hydroxylation is 1. The molecule has 0 aliphatic heterocycles. The number of carbonyl (C=O) groups is 1. The zero-order valence-corrected chi connectivity index (χ0v) is 11.5. The van der Waals surface area contributed by atoms with Gasteiger partial charge in [0.25, 0.3) is 0 Å². The third kappa shape index (κ3) is 2.72. The van der Waals surface area contributed by atoms with Crippen LogP contribution in [-0.4, -0.2) is 15.7 Å². The van der Waals surface area contributed by atoms with E-state index in [1.54, 1.807) is 16.9 Å². The fourth-order valence-electron chi connectivity index (χ4n) is 2.12.